The van der Waals surface area contributed by atoms with E-state index in [1.165, 1.54) is 11.4 Å². The molecule has 0 bridgehead atoms. The fourth-order valence-corrected chi connectivity index (χ4v) is 4.41. The summed E-state index contributed by atoms with van der Waals surface area (Å²) in [5.74, 6) is 0.194. The number of carbonyl (C=O) groups excluding carboxylic acids is 1. The van der Waals surface area contributed by atoms with Gasteiger partial charge in [0.25, 0.3) is 0 Å². The van der Waals surface area contributed by atoms with Gasteiger partial charge in [-0.25, -0.2) is 8.42 Å². The Labute approximate surface area is 168 Å². The van der Waals surface area contributed by atoms with Crippen LogP contribution in [0.25, 0.3) is 0 Å². The average Bonchev–Trinajstić information content (AvgIpc) is 2.67. The standard InChI is InChI=1S/C18H29N3O4S.ClH/c1-4-14(2)15-5-7-16(8-6-15)26(23,24)21-11-9-20(10-12-21)18(22)17(19)13-25-3;/h5-8,14,17H,4,9-13,19H2,1-3H3;1H. The van der Waals surface area contributed by atoms with E-state index in [9.17, 15) is 13.2 Å². The zero-order valence-corrected chi connectivity index (χ0v) is 17.8. The number of nitrogens with two attached hydrogens (primary N) is 1. The molecule has 1 heterocycles. The molecule has 2 atom stereocenters. The van der Waals surface area contributed by atoms with E-state index in [-0.39, 0.29) is 38.0 Å². The number of methoxy groups -OCH3 is 1. The quantitative estimate of drug-likeness (QED) is 0.721. The van der Waals surface area contributed by atoms with Crippen LogP contribution in [0.4, 0.5) is 0 Å². The van der Waals surface area contributed by atoms with Crippen molar-refractivity contribution in [2.45, 2.75) is 37.1 Å². The van der Waals surface area contributed by atoms with Gasteiger partial charge in [0.2, 0.25) is 15.9 Å². The van der Waals surface area contributed by atoms with Crippen molar-refractivity contribution in [1.29, 1.82) is 0 Å². The molecular formula is C18H30ClN3O4S. The number of benzene rings is 1. The molecule has 0 saturated carbocycles. The summed E-state index contributed by atoms with van der Waals surface area (Å²) in [5.41, 5.74) is 6.91. The molecule has 1 aliphatic heterocycles. The number of carbonyl (C=O) groups is 1. The van der Waals surface area contributed by atoms with Gasteiger partial charge in [0, 0.05) is 33.3 Å². The second-order valence-electron chi connectivity index (χ2n) is 6.67. The van der Waals surface area contributed by atoms with E-state index in [1.54, 1.807) is 17.0 Å². The van der Waals surface area contributed by atoms with Gasteiger partial charge >= 0.3 is 0 Å². The monoisotopic (exact) mass is 419 g/mol. The lowest BCUT2D eigenvalue weighted by molar-refractivity contribution is -0.134. The van der Waals surface area contributed by atoms with Crippen LogP contribution in [-0.4, -0.2) is 69.5 Å². The highest BCUT2D eigenvalue weighted by Crippen LogP contribution is 2.23. The van der Waals surface area contributed by atoms with Crippen LogP contribution < -0.4 is 5.73 Å². The number of amides is 1. The molecule has 2 N–H and O–H groups in total. The summed E-state index contributed by atoms with van der Waals surface area (Å²) in [6.45, 7) is 5.57. The summed E-state index contributed by atoms with van der Waals surface area (Å²) in [6, 6.07) is 6.39. The van der Waals surface area contributed by atoms with E-state index in [1.807, 2.05) is 12.1 Å². The Morgan fingerprint density at radius 3 is 2.22 bits per heavy atom. The summed E-state index contributed by atoms with van der Waals surface area (Å²) < 4.78 is 32.0. The van der Waals surface area contributed by atoms with Crippen LogP contribution in [0.3, 0.4) is 0 Å². The summed E-state index contributed by atoms with van der Waals surface area (Å²) in [7, 11) is -2.06. The average molecular weight is 420 g/mol. The molecule has 0 radical (unpaired) electrons. The van der Waals surface area contributed by atoms with Gasteiger partial charge < -0.3 is 15.4 Å². The smallest absolute Gasteiger partial charge is 0.243 e. The Morgan fingerprint density at radius 2 is 1.74 bits per heavy atom. The number of rotatable bonds is 7. The molecule has 0 spiro atoms. The van der Waals surface area contributed by atoms with Crippen molar-refractivity contribution in [2.24, 2.45) is 5.73 Å². The SMILES string of the molecule is CCC(C)c1ccc(S(=O)(=O)N2CCN(C(=O)C(N)COC)CC2)cc1.Cl. The van der Waals surface area contributed by atoms with E-state index in [0.717, 1.165) is 12.0 Å². The molecule has 9 heteroatoms. The zero-order chi connectivity index (χ0) is 19.3. The Bertz CT molecular complexity index is 704. The van der Waals surface area contributed by atoms with Crippen LogP contribution in [0.2, 0.25) is 0 Å². The number of hydrogen-bond donors (Lipinski definition) is 1. The first kappa shape index (κ1) is 23.8. The molecule has 2 unspecified atom stereocenters. The Balaban J connectivity index is 0.00000364. The number of hydrogen-bond acceptors (Lipinski definition) is 5. The van der Waals surface area contributed by atoms with Crippen molar-refractivity contribution in [3.05, 3.63) is 29.8 Å². The summed E-state index contributed by atoms with van der Waals surface area (Å²) in [6.07, 6.45) is 1.01. The first-order chi connectivity index (χ1) is 12.3. The van der Waals surface area contributed by atoms with Crippen molar-refractivity contribution in [3.63, 3.8) is 0 Å². The molecule has 1 fully saturated rings. The van der Waals surface area contributed by atoms with Gasteiger partial charge in [0.1, 0.15) is 6.04 Å². The molecule has 1 aliphatic rings. The highest BCUT2D eigenvalue weighted by Gasteiger charge is 2.31. The van der Waals surface area contributed by atoms with Gasteiger partial charge in [-0.05, 0) is 30.0 Å². The largest absolute Gasteiger partial charge is 0.383 e. The fourth-order valence-electron chi connectivity index (χ4n) is 2.99. The minimum absolute atomic E-state index is 0. The van der Waals surface area contributed by atoms with Crippen molar-refractivity contribution in [3.8, 4) is 0 Å². The van der Waals surface area contributed by atoms with Crippen LogP contribution in [0.1, 0.15) is 31.7 Å². The van der Waals surface area contributed by atoms with Gasteiger partial charge in [0.05, 0.1) is 11.5 Å². The lowest BCUT2D eigenvalue weighted by atomic mass is 9.99. The van der Waals surface area contributed by atoms with E-state index in [0.29, 0.717) is 23.9 Å². The topological polar surface area (TPSA) is 92.9 Å². The van der Waals surface area contributed by atoms with Gasteiger partial charge in [-0.1, -0.05) is 26.0 Å². The third-order valence-electron chi connectivity index (χ3n) is 4.91. The van der Waals surface area contributed by atoms with E-state index in [4.69, 9.17) is 10.5 Å². The van der Waals surface area contributed by atoms with E-state index >= 15 is 0 Å². The summed E-state index contributed by atoms with van der Waals surface area (Å²) in [4.78, 5) is 14.1. The Kier molecular flexibility index (Phi) is 9.17. The second-order valence-corrected chi connectivity index (χ2v) is 8.61. The number of sulfonamides is 1. The van der Waals surface area contributed by atoms with Gasteiger partial charge in [0.15, 0.2) is 0 Å². The van der Waals surface area contributed by atoms with Crippen molar-refractivity contribution in [1.82, 2.24) is 9.21 Å². The number of ether oxygens (including phenoxy) is 1. The molecule has 154 valence electrons. The van der Waals surface area contributed by atoms with Crippen LogP contribution >= 0.6 is 12.4 Å². The third kappa shape index (κ3) is 5.65. The number of nitrogens with zero attached hydrogens (tertiary/aromatic N) is 2. The van der Waals surface area contributed by atoms with Crippen molar-refractivity contribution < 1.29 is 17.9 Å². The highest BCUT2D eigenvalue weighted by molar-refractivity contribution is 7.89. The molecule has 1 aromatic rings. The maximum absolute atomic E-state index is 12.8. The maximum atomic E-state index is 12.8. The first-order valence-corrected chi connectivity index (χ1v) is 10.4. The molecule has 1 saturated heterocycles. The van der Waals surface area contributed by atoms with E-state index < -0.39 is 16.1 Å². The molecule has 1 aromatic carbocycles. The third-order valence-corrected chi connectivity index (χ3v) is 6.83. The fraction of sp³-hybridized carbons (Fsp3) is 0.611. The van der Waals surface area contributed by atoms with Gasteiger partial charge in [-0.15, -0.1) is 12.4 Å². The number of halogens is 1. The van der Waals surface area contributed by atoms with Crippen LogP contribution in [0, 0.1) is 0 Å². The summed E-state index contributed by atoms with van der Waals surface area (Å²) >= 11 is 0. The highest BCUT2D eigenvalue weighted by atomic mass is 35.5. The predicted molar refractivity (Wildman–Crippen MR) is 108 cm³/mol. The molecule has 0 aliphatic carbocycles. The summed E-state index contributed by atoms with van der Waals surface area (Å²) in [5, 5.41) is 0. The maximum Gasteiger partial charge on any atom is 0.243 e. The molecule has 0 aromatic heterocycles. The van der Waals surface area contributed by atoms with E-state index in [2.05, 4.69) is 13.8 Å². The Hall–Kier alpha value is -1.19. The minimum Gasteiger partial charge on any atom is -0.383 e. The lowest BCUT2D eigenvalue weighted by Crippen LogP contribution is -2.55. The Morgan fingerprint density at radius 1 is 1.19 bits per heavy atom. The zero-order valence-electron chi connectivity index (χ0n) is 16.1. The molecule has 2 rings (SSSR count). The molecule has 27 heavy (non-hydrogen) atoms. The first-order valence-electron chi connectivity index (χ1n) is 8.94. The van der Waals surface area contributed by atoms with Crippen molar-refractivity contribution in [2.75, 3.05) is 39.9 Å². The molecular weight excluding hydrogens is 390 g/mol. The van der Waals surface area contributed by atoms with Crippen LogP contribution in [0.5, 0.6) is 0 Å². The van der Waals surface area contributed by atoms with Crippen LogP contribution in [-0.2, 0) is 19.6 Å². The van der Waals surface area contributed by atoms with Gasteiger partial charge in [-0.2, -0.15) is 4.31 Å². The normalized spacial score (nSPS) is 17.9. The number of piperazine rings is 1. The second kappa shape index (κ2) is 10.4. The van der Waals surface area contributed by atoms with Crippen LogP contribution in [0.15, 0.2) is 29.2 Å². The van der Waals surface area contributed by atoms with Crippen molar-refractivity contribution >= 4 is 28.3 Å². The lowest BCUT2D eigenvalue weighted by Gasteiger charge is -2.35. The van der Waals surface area contributed by atoms with Gasteiger partial charge in [-0.3, -0.25) is 4.79 Å². The molecule has 1 amide bonds. The molecule has 7 nitrogen and oxygen atoms in total. The minimum atomic E-state index is -3.55. The predicted octanol–water partition coefficient (Wildman–Crippen LogP) is 1.43.